The van der Waals surface area contributed by atoms with Crippen molar-refractivity contribution < 1.29 is 4.39 Å². The van der Waals surface area contributed by atoms with Crippen LogP contribution >= 0.6 is 23.2 Å². The summed E-state index contributed by atoms with van der Waals surface area (Å²) < 4.78 is 14.7. The third kappa shape index (κ3) is 2.17. The number of halogens is 3. The van der Waals surface area contributed by atoms with Crippen molar-refractivity contribution in [2.24, 2.45) is 0 Å². The summed E-state index contributed by atoms with van der Waals surface area (Å²) in [6, 6.07) is 5.49. The van der Waals surface area contributed by atoms with E-state index in [1.165, 1.54) is 0 Å². The Morgan fingerprint density at radius 3 is 2.76 bits per heavy atom. The maximum atomic E-state index is 13.6. The fraction of sp³-hybridized carbons (Fsp3) is 0.214. The molecule has 0 amide bonds. The number of hydrogen-bond acceptors (Lipinski definition) is 3. The Balaban J connectivity index is 1.74. The van der Waals surface area contributed by atoms with Gasteiger partial charge in [-0.25, -0.2) is 4.98 Å². The van der Waals surface area contributed by atoms with Crippen molar-refractivity contribution >= 4 is 28.8 Å². The van der Waals surface area contributed by atoms with Gasteiger partial charge in [0, 0.05) is 23.4 Å². The van der Waals surface area contributed by atoms with Gasteiger partial charge in [-0.05, 0) is 30.5 Å². The SMILES string of the molecule is Fc1cnc2c(C3C[C@@H]3c3ccc(Cl)cn3)cc(Cl)nn12. The maximum Gasteiger partial charge on any atom is 0.234 e. The minimum atomic E-state index is -0.518. The highest BCUT2D eigenvalue weighted by atomic mass is 35.5. The molecule has 3 heterocycles. The first-order chi connectivity index (χ1) is 10.1. The van der Waals surface area contributed by atoms with Gasteiger partial charge < -0.3 is 0 Å². The average Bonchev–Trinajstić information content (AvgIpc) is 3.18. The highest BCUT2D eigenvalue weighted by Gasteiger charge is 2.42. The van der Waals surface area contributed by atoms with Crippen LogP contribution in [-0.4, -0.2) is 19.6 Å². The summed E-state index contributed by atoms with van der Waals surface area (Å²) in [4.78, 5) is 8.43. The van der Waals surface area contributed by atoms with Crippen LogP contribution in [0.1, 0.15) is 29.5 Å². The molecule has 0 spiro atoms. The third-order valence-corrected chi connectivity index (χ3v) is 4.15. The minimum Gasteiger partial charge on any atom is -0.259 e. The molecule has 21 heavy (non-hydrogen) atoms. The van der Waals surface area contributed by atoms with E-state index in [0.29, 0.717) is 10.7 Å². The smallest absolute Gasteiger partial charge is 0.234 e. The lowest BCUT2D eigenvalue weighted by molar-refractivity contribution is 0.548. The van der Waals surface area contributed by atoms with Crippen molar-refractivity contribution in [1.82, 2.24) is 19.6 Å². The van der Waals surface area contributed by atoms with E-state index in [9.17, 15) is 4.39 Å². The van der Waals surface area contributed by atoms with Crippen LogP contribution in [0.2, 0.25) is 10.2 Å². The van der Waals surface area contributed by atoms with Gasteiger partial charge in [0.25, 0.3) is 0 Å². The van der Waals surface area contributed by atoms with Crippen molar-refractivity contribution in [2.75, 3.05) is 0 Å². The van der Waals surface area contributed by atoms with Crippen LogP contribution in [0.3, 0.4) is 0 Å². The standard InChI is InChI=1S/C14H9Cl2FN4/c15-7-1-2-11(18-5-7)9-3-8(9)10-4-12(16)20-21-13(17)6-19-14(10)21/h1-2,4-6,8-9H,3H2/t8?,9-/m0/s1. The zero-order valence-electron chi connectivity index (χ0n) is 10.7. The summed E-state index contributed by atoms with van der Waals surface area (Å²) in [5.74, 6) is -0.0108. The summed E-state index contributed by atoms with van der Waals surface area (Å²) in [6.07, 6.45) is 3.72. The van der Waals surface area contributed by atoms with Gasteiger partial charge >= 0.3 is 0 Å². The molecule has 0 N–H and O–H groups in total. The van der Waals surface area contributed by atoms with Gasteiger partial charge in [-0.15, -0.1) is 0 Å². The second-order valence-corrected chi connectivity index (χ2v) is 5.91. The van der Waals surface area contributed by atoms with Crippen LogP contribution in [0.4, 0.5) is 4.39 Å². The second-order valence-electron chi connectivity index (χ2n) is 5.09. The molecule has 4 rings (SSSR count). The van der Waals surface area contributed by atoms with Crippen molar-refractivity contribution in [1.29, 1.82) is 0 Å². The van der Waals surface area contributed by atoms with E-state index in [0.717, 1.165) is 28.4 Å². The van der Waals surface area contributed by atoms with Gasteiger partial charge in [0.1, 0.15) is 0 Å². The Morgan fingerprint density at radius 1 is 1.14 bits per heavy atom. The fourth-order valence-electron chi connectivity index (χ4n) is 2.68. The normalized spacial score (nSPS) is 20.9. The molecule has 0 bridgehead atoms. The lowest BCUT2D eigenvalue weighted by Crippen LogP contribution is -1.99. The van der Waals surface area contributed by atoms with Gasteiger partial charge in [0.2, 0.25) is 5.95 Å². The molecule has 7 heteroatoms. The molecule has 1 fully saturated rings. The monoisotopic (exact) mass is 322 g/mol. The Hall–Kier alpha value is -1.72. The highest BCUT2D eigenvalue weighted by Crippen LogP contribution is 2.55. The largest absolute Gasteiger partial charge is 0.259 e. The van der Waals surface area contributed by atoms with E-state index in [1.807, 2.05) is 12.1 Å². The molecular weight excluding hydrogens is 314 g/mol. The van der Waals surface area contributed by atoms with E-state index in [1.54, 1.807) is 12.3 Å². The molecule has 3 aromatic rings. The Bertz CT molecular complexity index is 831. The summed E-state index contributed by atoms with van der Waals surface area (Å²) in [6.45, 7) is 0. The maximum absolute atomic E-state index is 13.6. The summed E-state index contributed by atoms with van der Waals surface area (Å²) >= 11 is 11.8. The molecular formula is C14H9Cl2FN4. The van der Waals surface area contributed by atoms with E-state index < -0.39 is 5.95 Å². The number of fused-ring (bicyclic) bond motifs is 1. The Morgan fingerprint density at radius 2 is 2.00 bits per heavy atom. The molecule has 106 valence electrons. The number of rotatable bonds is 2. The molecule has 0 aliphatic heterocycles. The molecule has 0 radical (unpaired) electrons. The number of nitrogens with zero attached hydrogens (tertiary/aromatic N) is 4. The van der Waals surface area contributed by atoms with Crippen LogP contribution in [0.15, 0.2) is 30.6 Å². The summed E-state index contributed by atoms with van der Waals surface area (Å²) in [5, 5.41) is 4.79. The third-order valence-electron chi connectivity index (χ3n) is 3.74. The Kier molecular flexibility index (Phi) is 2.87. The number of pyridine rings is 1. The predicted molar refractivity (Wildman–Crippen MR) is 77.3 cm³/mol. The molecule has 1 aliphatic rings. The first-order valence-corrected chi connectivity index (χ1v) is 7.20. The lowest BCUT2D eigenvalue weighted by atomic mass is 10.1. The zero-order valence-corrected chi connectivity index (χ0v) is 12.2. The molecule has 1 unspecified atom stereocenters. The molecule has 0 saturated heterocycles. The zero-order chi connectivity index (χ0) is 14.6. The molecule has 2 atom stereocenters. The van der Waals surface area contributed by atoms with Gasteiger partial charge in [-0.3, -0.25) is 4.98 Å². The van der Waals surface area contributed by atoms with Crippen molar-refractivity contribution in [3.05, 3.63) is 58.0 Å². The van der Waals surface area contributed by atoms with E-state index in [4.69, 9.17) is 23.2 Å². The minimum absolute atomic E-state index is 0.225. The van der Waals surface area contributed by atoms with Crippen LogP contribution in [0.5, 0.6) is 0 Å². The Labute approximate surface area is 129 Å². The number of imidazole rings is 1. The first kappa shape index (κ1) is 13.0. The predicted octanol–water partition coefficient (Wildman–Crippen LogP) is 3.84. The number of hydrogen-bond donors (Lipinski definition) is 0. The van der Waals surface area contributed by atoms with Gasteiger partial charge in [0.15, 0.2) is 10.8 Å². The van der Waals surface area contributed by atoms with E-state index in [2.05, 4.69) is 15.1 Å². The lowest BCUT2D eigenvalue weighted by Gasteiger charge is -2.04. The van der Waals surface area contributed by atoms with Gasteiger partial charge in [0.05, 0.1) is 11.2 Å². The van der Waals surface area contributed by atoms with Crippen molar-refractivity contribution in [2.45, 2.75) is 18.3 Å². The van der Waals surface area contributed by atoms with Crippen LogP contribution in [-0.2, 0) is 0 Å². The van der Waals surface area contributed by atoms with Gasteiger partial charge in [-0.1, -0.05) is 23.2 Å². The fourth-order valence-corrected chi connectivity index (χ4v) is 2.98. The molecule has 0 aromatic carbocycles. The molecule has 1 aliphatic carbocycles. The quantitative estimate of drug-likeness (QED) is 0.720. The number of aromatic nitrogens is 4. The van der Waals surface area contributed by atoms with Crippen LogP contribution in [0.25, 0.3) is 5.65 Å². The first-order valence-electron chi connectivity index (χ1n) is 6.44. The second kappa shape index (κ2) is 4.64. The molecule has 1 saturated carbocycles. The summed E-state index contributed by atoms with van der Waals surface area (Å²) in [7, 11) is 0. The molecule has 3 aromatic heterocycles. The molecule has 4 nitrogen and oxygen atoms in total. The van der Waals surface area contributed by atoms with Crippen molar-refractivity contribution in [3.8, 4) is 0 Å². The van der Waals surface area contributed by atoms with E-state index in [-0.39, 0.29) is 17.0 Å². The van der Waals surface area contributed by atoms with Crippen LogP contribution < -0.4 is 0 Å². The summed E-state index contributed by atoms with van der Waals surface area (Å²) in [5.41, 5.74) is 2.39. The highest BCUT2D eigenvalue weighted by molar-refractivity contribution is 6.30. The van der Waals surface area contributed by atoms with Crippen LogP contribution in [0, 0.1) is 5.95 Å². The topological polar surface area (TPSA) is 43.1 Å². The van der Waals surface area contributed by atoms with E-state index >= 15 is 0 Å². The van der Waals surface area contributed by atoms with Gasteiger partial charge in [-0.2, -0.15) is 14.0 Å². The van der Waals surface area contributed by atoms with Crippen molar-refractivity contribution in [3.63, 3.8) is 0 Å². The average molecular weight is 323 g/mol.